The first-order chi connectivity index (χ1) is 9.84. The van der Waals surface area contributed by atoms with Crippen molar-refractivity contribution in [3.05, 3.63) is 34.3 Å². The van der Waals surface area contributed by atoms with Crippen molar-refractivity contribution in [2.24, 2.45) is 5.10 Å². The van der Waals surface area contributed by atoms with Gasteiger partial charge in [0.05, 0.1) is 0 Å². The van der Waals surface area contributed by atoms with E-state index in [4.69, 9.17) is 0 Å². The van der Waals surface area contributed by atoms with Crippen LogP contribution in [0.4, 0.5) is 13.2 Å². The number of alkyl halides is 3. The lowest BCUT2D eigenvalue weighted by molar-refractivity contribution is -0.140. The molecule has 1 saturated carbocycles. The molecule has 1 N–H and O–H groups in total. The molecule has 3 rings (SSSR count). The van der Waals surface area contributed by atoms with Crippen molar-refractivity contribution < 1.29 is 13.2 Å². The Kier molecular flexibility index (Phi) is 3.43. The zero-order valence-corrected chi connectivity index (χ0v) is 13.0. The second kappa shape index (κ2) is 4.90. The van der Waals surface area contributed by atoms with E-state index in [1.807, 2.05) is 0 Å². The minimum absolute atomic E-state index is 0.186. The largest absolute Gasteiger partial charge is 0.340 e. The van der Waals surface area contributed by atoms with Crippen LogP contribution in [0.15, 0.2) is 33.8 Å². The topological polar surface area (TPSA) is 27.6 Å². The highest BCUT2D eigenvalue weighted by Crippen LogP contribution is 2.56. The van der Waals surface area contributed by atoms with E-state index in [2.05, 4.69) is 26.5 Å². The second-order valence-corrected chi connectivity index (χ2v) is 6.64. The fraction of sp³-hybridized carbons (Fsp3) is 0.500. The Balaban J connectivity index is 1.99. The minimum atomic E-state index is -2.82. The smallest absolute Gasteiger partial charge is 0.250 e. The lowest BCUT2D eigenvalue weighted by atomic mass is 9.59. The van der Waals surface area contributed by atoms with Crippen LogP contribution in [-0.2, 0) is 5.41 Å². The molecule has 1 atom stereocenters. The fourth-order valence-corrected chi connectivity index (χ4v) is 3.48. The Morgan fingerprint density at radius 2 is 2.10 bits per heavy atom. The normalized spacial score (nSPS) is 24.0. The number of amidine groups is 1. The number of benzene rings is 1. The molecule has 114 valence electrons. The maximum Gasteiger partial charge on any atom is 0.250 e. The summed E-state index contributed by atoms with van der Waals surface area (Å²) in [7, 11) is 1.69. The van der Waals surface area contributed by atoms with Gasteiger partial charge < -0.3 is 4.90 Å². The summed E-state index contributed by atoms with van der Waals surface area (Å²) in [6, 6.07) is 6.95. The molecular formula is C14H15BrF3N3. The number of hydrogen-bond donors (Lipinski definition) is 1. The van der Waals surface area contributed by atoms with Gasteiger partial charge in [-0.25, -0.2) is 13.2 Å². The lowest BCUT2D eigenvalue weighted by Crippen LogP contribution is -2.58. The number of hydrazone groups is 1. The van der Waals surface area contributed by atoms with Gasteiger partial charge in [-0.2, -0.15) is 5.10 Å². The summed E-state index contributed by atoms with van der Waals surface area (Å²) in [4.78, 5) is 1.61. The SMILES string of the molecule is CN1CNN=C1C(F)C1(c2cccc(Br)c2)CC(F)(F)C1. The third kappa shape index (κ3) is 2.41. The summed E-state index contributed by atoms with van der Waals surface area (Å²) in [6.45, 7) is 0.390. The van der Waals surface area contributed by atoms with Gasteiger partial charge >= 0.3 is 0 Å². The van der Waals surface area contributed by atoms with Crippen molar-refractivity contribution in [1.29, 1.82) is 0 Å². The molecule has 21 heavy (non-hydrogen) atoms. The quantitative estimate of drug-likeness (QED) is 0.894. The van der Waals surface area contributed by atoms with E-state index in [0.29, 0.717) is 12.2 Å². The van der Waals surface area contributed by atoms with Crippen LogP contribution in [0.3, 0.4) is 0 Å². The number of nitrogens with one attached hydrogen (secondary N) is 1. The zero-order valence-electron chi connectivity index (χ0n) is 11.4. The van der Waals surface area contributed by atoms with Crippen LogP contribution in [0, 0.1) is 0 Å². The molecule has 1 aliphatic heterocycles. The number of halogens is 4. The second-order valence-electron chi connectivity index (χ2n) is 5.72. The average molecular weight is 362 g/mol. The van der Waals surface area contributed by atoms with E-state index in [9.17, 15) is 8.78 Å². The van der Waals surface area contributed by atoms with Crippen LogP contribution in [0.1, 0.15) is 18.4 Å². The van der Waals surface area contributed by atoms with E-state index < -0.39 is 30.4 Å². The minimum Gasteiger partial charge on any atom is -0.340 e. The molecule has 1 aromatic rings. The molecule has 1 heterocycles. The lowest BCUT2D eigenvalue weighted by Gasteiger charge is -2.49. The molecule has 1 unspecified atom stereocenters. The standard InChI is InChI=1S/C14H15BrF3N3/c1-21-8-19-20-12(21)11(16)13(6-14(17,18)7-13)9-3-2-4-10(15)5-9/h2-5,11,19H,6-8H2,1H3. The molecule has 3 nitrogen and oxygen atoms in total. The van der Waals surface area contributed by atoms with E-state index in [1.165, 1.54) is 0 Å². The summed E-state index contributed by atoms with van der Waals surface area (Å²) in [5.41, 5.74) is 2.05. The van der Waals surface area contributed by atoms with E-state index in [0.717, 1.165) is 4.47 Å². The van der Waals surface area contributed by atoms with Gasteiger partial charge in [0.2, 0.25) is 5.92 Å². The van der Waals surface area contributed by atoms with Gasteiger partial charge in [0.25, 0.3) is 0 Å². The number of hydrogen-bond acceptors (Lipinski definition) is 3. The fourth-order valence-electron chi connectivity index (χ4n) is 3.09. The first-order valence-electron chi connectivity index (χ1n) is 6.64. The Labute approximate surface area is 129 Å². The summed E-state index contributed by atoms with van der Waals surface area (Å²) in [5.74, 6) is -2.64. The van der Waals surface area contributed by atoms with Crippen LogP contribution in [0.25, 0.3) is 0 Å². The molecule has 0 bridgehead atoms. The zero-order chi connectivity index (χ0) is 15.3. The Bertz CT molecular complexity index is 583. The van der Waals surface area contributed by atoms with Crippen molar-refractivity contribution in [1.82, 2.24) is 10.3 Å². The molecule has 0 amide bonds. The van der Waals surface area contributed by atoms with Gasteiger partial charge in [-0.05, 0) is 17.7 Å². The van der Waals surface area contributed by atoms with Gasteiger partial charge in [0, 0.05) is 29.8 Å². The van der Waals surface area contributed by atoms with Gasteiger partial charge in [-0.15, -0.1) is 0 Å². The molecule has 0 radical (unpaired) electrons. The Hall–Kier alpha value is -1.24. The van der Waals surface area contributed by atoms with Crippen molar-refractivity contribution >= 4 is 21.8 Å². The summed E-state index contributed by atoms with van der Waals surface area (Å²) in [6.07, 6.45) is -2.55. The predicted octanol–water partition coefficient (Wildman–Crippen LogP) is 3.26. The van der Waals surface area contributed by atoms with Crippen LogP contribution in [-0.4, -0.2) is 36.5 Å². The van der Waals surface area contributed by atoms with Gasteiger partial charge in [-0.1, -0.05) is 28.1 Å². The van der Waals surface area contributed by atoms with Crippen molar-refractivity contribution in [2.45, 2.75) is 30.4 Å². The van der Waals surface area contributed by atoms with E-state index >= 15 is 4.39 Å². The highest BCUT2D eigenvalue weighted by Gasteiger charge is 2.63. The first-order valence-corrected chi connectivity index (χ1v) is 7.43. The van der Waals surface area contributed by atoms with Gasteiger partial charge in [-0.3, -0.25) is 5.43 Å². The molecule has 0 spiro atoms. The van der Waals surface area contributed by atoms with Crippen molar-refractivity contribution in [3.8, 4) is 0 Å². The van der Waals surface area contributed by atoms with Crippen LogP contribution in [0.5, 0.6) is 0 Å². The van der Waals surface area contributed by atoms with E-state index in [1.54, 1.807) is 36.2 Å². The van der Waals surface area contributed by atoms with Crippen LogP contribution in [0.2, 0.25) is 0 Å². The highest BCUT2D eigenvalue weighted by molar-refractivity contribution is 9.10. The average Bonchev–Trinajstić information content (AvgIpc) is 2.80. The summed E-state index contributed by atoms with van der Waals surface area (Å²) < 4.78 is 42.8. The Morgan fingerprint density at radius 3 is 2.62 bits per heavy atom. The van der Waals surface area contributed by atoms with Crippen LogP contribution < -0.4 is 5.43 Å². The molecule has 1 aliphatic carbocycles. The first kappa shape index (κ1) is 14.7. The highest BCUT2D eigenvalue weighted by atomic mass is 79.9. The number of rotatable bonds is 3. The Morgan fingerprint density at radius 1 is 1.38 bits per heavy atom. The molecular weight excluding hydrogens is 347 g/mol. The number of nitrogens with zero attached hydrogens (tertiary/aromatic N) is 2. The van der Waals surface area contributed by atoms with Crippen molar-refractivity contribution in [2.75, 3.05) is 13.7 Å². The third-order valence-electron chi connectivity index (χ3n) is 4.15. The monoisotopic (exact) mass is 361 g/mol. The van der Waals surface area contributed by atoms with Gasteiger partial charge in [0.15, 0.2) is 12.0 Å². The molecule has 0 aromatic heterocycles. The van der Waals surface area contributed by atoms with Gasteiger partial charge in [0.1, 0.15) is 6.67 Å². The summed E-state index contributed by atoms with van der Waals surface area (Å²) >= 11 is 3.32. The predicted molar refractivity (Wildman–Crippen MR) is 78.1 cm³/mol. The molecule has 2 aliphatic rings. The third-order valence-corrected chi connectivity index (χ3v) is 4.65. The summed E-state index contributed by atoms with van der Waals surface area (Å²) in [5, 5.41) is 3.92. The van der Waals surface area contributed by atoms with Crippen molar-refractivity contribution in [3.63, 3.8) is 0 Å². The molecule has 0 saturated heterocycles. The molecule has 1 fully saturated rings. The van der Waals surface area contributed by atoms with Crippen LogP contribution >= 0.6 is 15.9 Å². The molecule has 1 aromatic carbocycles. The van der Waals surface area contributed by atoms with E-state index in [-0.39, 0.29) is 5.84 Å². The maximum atomic E-state index is 15.1. The molecule has 7 heteroatoms. The maximum absolute atomic E-state index is 15.1.